The van der Waals surface area contributed by atoms with E-state index in [-0.39, 0.29) is 12.4 Å². The van der Waals surface area contributed by atoms with E-state index in [2.05, 4.69) is 20.6 Å². The molecule has 3 aromatic rings. The predicted molar refractivity (Wildman–Crippen MR) is 105 cm³/mol. The van der Waals surface area contributed by atoms with E-state index < -0.39 is 0 Å². The summed E-state index contributed by atoms with van der Waals surface area (Å²) in [4.78, 5) is 8.81. The van der Waals surface area contributed by atoms with Gasteiger partial charge in [-0.25, -0.2) is 9.38 Å². The maximum absolute atomic E-state index is 13.9. The van der Waals surface area contributed by atoms with Crippen molar-refractivity contribution in [2.45, 2.75) is 20.0 Å². The van der Waals surface area contributed by atoms with Gasteiger partial charge in [0.25, 0.3) is 0 Å². The number of guanidine groups is 1. The van der Waals surface area contributed by atoms with Gasteiger partial charge in [-0.2, -0.15) is 5.26 Å². The first kappa shape index (κ1) is 18.3. The fraction of sp³-hybridized carbons (Fsp3) is 0.190. The second kappa shape index (κ2) is 8.77. The Morgan fingerprint density at radius 2 is 2.00 bits per heavy atom. The normalized spacial score (nSPS) is 11.2. The van der Waals surface area contributed by atoms with Gasteiger partial charge >= 0.3 is 0 Å². The molecule has 0 saturated carbocycles. The van der Waals surface area contributed by atoms with Crippen LogP contribution in [0.15, 0.2) is 59.7 Å². The topological polar surface area (TPSA) is 73.1 Å². The molecule has 27 heavy (non-hydrogen) atoms. The number of aliphatic imine (C=N–C) groups is 1. The Bertz CT molecular complexity index is 1000. The van der Waals surface area contributed by atoms with E-state index in [1.54, 1.807) is 6.20 Å². The van der Waals surface area contributed by atoms with Gasteiger partial charge in [-0.3, -0.25) is 4.98 Å². The van der Waals surface area contributed by atoms with Crippen LogP contribution in [0.4, 0.5) is 4.39 Å². The number of hydrogen-bond acceptors (Lipinski definition) is 3. The number of nitrogens with zero attached hydrogens (tertiary/aromatic N) is 3. The maximum atomic E-state index is 13.9. The summed E-state index contributed by atoms with van der Waals surface area (Å²) in [6.45, 7) is 3.36. The molecule has 136 valence electrons. The first-order valence-corrected chi connectivity index (χ1v) is 8.74. The van der Waals surface area contributed by atoms with Gasteiger partial charge in [-0.05, 0) is 42.8 Å². The van der Waals surface area contributed by atoms with Gasteiger partial charge in [0.1, 0.15) is 5.82 Å². The molecule has 0 atom stereocenters. The summed E-state index contributed by atoms with van der Waals surface area (Å²) in [5.74, 6) is 0.217. The molecule has 0 saturated heterocycles. The van der Waals surface area contributed by atoms with Crippen LogP contribution in [-0.2, 0) is 13.1 Å². The molecule has 5 nitrogen and oxygen atoms in total. The van der Waals surface area contributed by atoms with E-state index in [9.17, 15) is 4.39 Å². The van der Waals surface area contributed by atoms with Crippen LogP contribution in [0.25, 0.3) is 10.9 Å². The number of para-hydroxylation sites is 1. The lowest BCUT2D eigenvalue weighted by atomic mass is 10.1. The summed E-state index contributed by atoms with van der Waals surface area (Å²) in [7, 11) is 0. The highest BCUT2D eigenvalue weighted by atomic mass is 19.1. The smallest absolute Gasteiger partial charge is 0.191 e. The molecular weight excluding hydrogens is 341 g/mol. The van der Waals surface area contributed by atoms with Gasteiger partial charge in [-0.1, -0.05) is 18.2 Å². The number of pyridine rings is 1. The SMILES string of the molecule is CCNC(=NCc1cc(C#N)ccc1F)NCc1ccnc2ccccc12. The molecule has 2 aromatic carbocycles. The molecule has 1 heterocycles. The Hall–Kier alpha value is -3.46. The highest BCUT2D eigenvalue weighted by Crippen LogP contribution is 2.16. The minimum atomic E-state index is -0.367. The zero-order chi connectivity index (χ0) is 19.1. The highest BCUT2D eigenvalue weighted by molar-refractivity contribution is 5.83. The lowest BCUT2D eigenvalue weighted by Crippen LogP contribution is -2.36. The lowest BCUT2D eigenvalue weighted by molar-refractivity contribution is 0.610. The number of halogens is 1. The third-order valence-corrected chi connectivity index (χ3v) is 4.11. The third-order valence-electron chi connectivity index (χ3n) is 4.11. The number of fused-ring (bicyclic) bond motifs is 1. The van der Waals surface area contributed by atoms with Crippen molar-refractivity contribution in [1.29, 1.82) is 5.26 Å². The number of benzene rings is 2. The van der Waals surface area contributed by atoms with Gasteiger partial charge in [0.15, 0.2) is 5.96 Å². The summed E-state index contributed by atoms with van der Waals surface area (Å²) in [6.07, 6.45) is 1.78. The maximum Gasteiger partial charge on any atom is 0.191 e. The van der Waals surface area contributed by atoms with E-state index in [0.29, 0.717) is 30.2 Å². The summed E-state index contributed by atoms with van der Waals surface area (Å²) in [6, 6.07) is 16.2. The largest absolute Gasteiger partial charge is 0.357 e. The second-order valence-corrected chi connectivity index (χ2v) is 5.95. The molecule has 0 amide bonds. The van der Waals surface area contributed by atoms with E-state index in [1.807, 2.05) is 43.3 Å². The van der Waals surface area contributed by atoms with Gasteiger partial charge in [-0.15, -0.1) is 0 Å². The van der Waals surface area contributed by atoms with Crippen molar-refractivity contribution in [2.75, 3.05) is 6.54 Å². The number of nitriles is 1. The zero-order valence-corrected chi connectivity index (χ0v) is 15.0. The number of aromatic nitrogens is 1. The predicted octanol–water partition coefficient (Wildman–Crippen LogP) is 3.50. The van der Waals surface area contributed by atoms with Crippen molar-refractivity contribution in [3.05, 3.63) is 77.2 Å². The van der Waals surface area contributed by atoms with Crippen molar-refractivity contribution in [2.24, 2.45) is 4.99 Å². The molecule has 6 heteroatoms. The Kier molecular flexibility index (Phi) is 5.95. The van der Waals surface area contributed by atoms with Crippen molar-refractivity contribution in [1.82, 2.24) is 15.6 Å². The van der Waals surface area contributed by atoms with Crippen LogP contribution in [-0.4, -0.2) is 17.5 Å². The molecule has 0 aliphatic rings. The van der Waals surface area contributed by atoms with E-state index >= 15 is 0 Å². The van der Waals surface area contributed by atoms with Crippen molar-refractivity contribution >= 4 is 16.9 Å². The van der Waals surface area contributed by atoms with Gasteiger partial charge in [0, 0.05) is 30.2 Å². The minimum absolute atomic E-state index is 0.147. The quantitative estimate of drug-likeness (QED) is 0.539. The summed E-state index contributed by atoms with van der Waals surface area (Å²) >= 11 is 0. The average Bonchev–Trinajstić information content (AvgIpc) is 2.71. The molecule has 2 N–H and O–H groups in total. The van der Waals surface area contributed by atoms with Crippen LogP contribution in [0.1, 0.15) is 23.6 Å². The van der Waals surface area contributed by atoms with Gasteiger partial charge < -0.3 is 10.6 Å². The highest BCUT2D eigenvalue weighted by Gasteiger charge is 2.06. The summed E-state index contributed by atoms with van der Waals surface area (Å²) < 4.78 is 13.9. The lowest BCUT2D eigenvalue weighted by Gasteiger charge is -2.13. The van der Waals surface area contributed by atoms with E-state index in [1.165, 1.54) is 18.2 Å². The summed E-state index contributed by atoms with van der Waals surface area (Å²) in [5.41, 5.74) is 2.85. The Balaban J connectivity index is 1.76. The van der Waals surface area contributed by atoms with Crippen molar-refractivity contribution in [3.63, 3.8) is 0 Å². The molecule has 0 aliphatic heterocycles. The third kappa shape index (κ3) is 4.59. The fourth-order valence-corrected chi connectivity index (χ4v) is 2.76. The molecule has 1 aromatic heterocycles. The van der Waals surface area contributed by atoms with Crippen LogP contribution in [0.2, 0.25) is 0 Å². The van der Waals surface area contributed by atoms with Crippen LogP contribution in [0.5, 0.6) is 0 Å². The van der Waals surface area contributed by atoms with Crippen molar-refractivity contribution in [3.8, 4) is 6.07 Å². The molecule has 0 spiro atoms. The minimum Gasteiger partial charge on any atom is -0.357 e. The van der Waals surface area contributed by atoms with E-state index in [0.717, 1.165) is 16.5 Å². The molecule has 0 radical (unpaired) electrons. The average molecular weight is 361 g/mol. The zero-order valence-electron chi connectivity index (χ0n) is 15.0. The van der Waals surface area contributed by atoms with Crippen LogP contribution in [0, 0.1) is 17.1 Å². The summed E-state index contributed by atoms with van der Waals surface area (Å²) in [5, 5.41) is 16.5. The first-order valence-electron chi connectivity index (χ1n) is 8.74. The van der Waals surface area contributed by atoms with Gasteiger partial charge in [0.05, 0.1) is 23.7 Å². The van der Waals surface area contributed by atoms with Crippen molar-refractivity contribution < 1.29 is 4.39 Å². The molecule has 0 fully saturated rings. The molecular formula is C21H20FN5. The van der Waals surface area contributed by atoms with E-state index in [4.69, 9.17) is 5.26 Å². The molecule has 0 bridgehead atoms. The monoisotopic (exact) mass is 361 g/mol. The number of hydrogen-bond donors (Lipinski definition) is 2. The van der Waals surface area contributed by atoms with Gasteiger partial charge in [0.2, 0.25) is 0 Å². The molecule has 0 aliphatic carbocycles. The van der Waals surface area contributed by atoms with Crippen LogP contribution < -0.4 is 10.6 Å². The Labute approximate surface area is 157 Å². The van der Waals surface area contributed by atoms with Crippen LogP contribution in [0.3, 0.4) is 0 Å². The van der Waals surface area contributed by atoms with Crippen LogP contribution >= 0.6 is 0 Å². The molecule has 3 rings (SSSR count). The second-order valence-electron chi connectivity index (χ2n) is 5.95. The fourth-order valence-electron chi connectivity index (χ4n) is 2.76. The first-order chi connectivity index (χ1) is 13.2. The number of nitrogens with one attached hydrogen (secondary N) is 2. The number of rotatable bonds is 5. The standard InChI is InChI=1S/C21H20FN5/c1-2-24-21(27-14-17-11-15(12-23)7-8-19(17)22)26-13-16-9-10-25-20-6-4-3-5-18(16)20/h3-11H,2,13-14H2,1H3,(H2,24,26,27). The Morgan fingerprint density at radius 1 is 1.15 bits per heavy atom. The Morgan fingerprint density at radius 3 is 2.81 bits per heavy atom. The molecule has 0 unspecified atom stereocenters.